The van der Waals surface area contributed by atoms with E-state index in [0.717, 1.165) is 21.2 Å². The Morgan fingerprint density at radius 3 is 2.04 bits per heavy atom. The van der Waals surface area contributed by atoms with Crippen molar-refractivity contribution in [2.45, 2.75) is 0 Å². The predicted octanol–water partition coefficient (Wildman–Crippen LogP) is 5.30. The van der Waals surface area contributed by atoms with E-state index in [1.807, 2.05) is 66.7 Å². The van der Waals surface area contributed by atoms with Gasteiger partial charge >= 0.3 is 0 Å². The Kier molecular flexibility index (Phi) is 5.10. The van der Waals surface area contributed by atoms with Crippen LogP contribution < -0.4 is 10.9 Å². The molecule has 3 aromatic carbocycles. The van der Waals surface area contributed by atoms with Gasteiger partial charge in [0.25, 0.3) is 11.8 Å². The van der Waals surface area contributed by atoms with Gasteiger partial charge < -0.3 is 0 Å². The molecule has 0 aliphatic heterocycles. The van der Waals surface area contributed by atoms with Gasteiger partial charge in [-0.05, 0) is 29.3 Å². The number of rotatable bonds is 3. The van der Waals surface area contributed by atoms with Gasteiger partial charge in [0.05, 0.1) is 5.02 Å². The highest BCUT2D eigenvalue weighted by Gasteiger charge is 2.17. The van der Waals surface area contributed by atoms with E-state index in [2.05, 4.69) is 10.9 Å². The summed E-state index contributed by atoms with van der Waals surface area (Å²) in [6, 6.07) is 24.6. The zero-order valence-electron chi connectivity index (χ0n) is 14.6. The van der Waals surface area contributed by atoms with Gasteiger partial charge in [-0.25, -0.2) is 0 Å². The van der Waals surface area contributed by atoms with Crippen LogP contribution in [0.15, 0.2) is 78.9 Å². The van der Waals surface area contributed by atoms with Gasteiger partial charge in [0, 0.05) is 15.6 Å². The maximum Gasteiger partial charge on any atom is 0.281 e. The molecule has 0 bridgehead atoms. The molecule has 138 valence electrons. The quantitative estimate of drug-likeness (QED) is 0.454. The minimum Gasteiger partial charge on any atom is -0.267 e. The molecular weight excluding hydrogens is 392 g/mol. The van der Waals surface area contributed by atoms with Gasteiger partial charge in [0.15, 0.2) is 0 Å². The lowest BCUT2D eigenvalue weighted by Gasteiger charge is -2.07. The largest absolute Gasteiger partial charge is 0.281 e. The molecule has 0 spiro atoms. The summed E-state index contributed by atoms with van der Waals surface area (Å²) < 4.78 is 0.917. The molecule has 1 heterocycles. The van der Waals surface area contributed by atoms with Crippen molar-refractivity contribution < 1.29 is 9.59 Å². The predicted molar refractivity (Wildman–Crippen MR) is 114 cm³/mol. The number of hydrogen-bond acceptors (Lipinski definition) is 3. The van der Waals surface area contributed by atoms with E-state index in [-0.39, 0.29) is 0 Å². The Morgan fingerprint density at radius 2 is 1.32 bits per heavy atom. The molecule has 4 aromatic rings. The Morgan fingerprint density at radius 1 is 0.714 bits per heavy atom. The smallest absolute Gasteiger partial charge is 0.267 e. The molecule has 0 saturated carbocycles. The minimum atomic E-state index is -0.444. The molecule has 4 nitrogen and oxygen atoms in total. The van der Waals surface area contributed by atoms with Crippen LogP contribution >= 0.6 is 22.9 Å². The highest BCUT2D eigenvalue weighted by Crippen LogP contribution is 2.34. The summed E-state index contributed by atoms with van der Waals surface area (Å²) in [7, 11) is 0. The summed E-state index contributed by atoms with van der Waals surface area (Å²) in [6.45, 7) is 0. The van der Waals surface area contributed by atoms with Gasteiger partial charge in [0.2, 0.25) is 0 Å². The molecular formula is C22H15ClN2O2S. The lowest BCUT2D eigenvalue weighted by molar-refractivity contribution is 0.0849. The molecule has 4 rings (SSSR count). The fourth-order valence-corrected chi connectivity index (χ4v) is 4.26. The normalized spacial score (nSPS) is 10.6. The van der Waals surface area contributed by atoms with Gasteiger partial charge in [-0.2, -0.15) is 0 Å². The molecule has 28 heavy (non-hydrogen) atoms. The number of carbonyl (C=O) groups excluding carboxylic acids is 2. The summed E-state index contributed by atoms with van der Waals surface area (Å²) in [6.07, 6.45) is 0. The first-order valence-corrected chi connectivity index (χ1v) is 9.76. The Hall–Kier alpha value is -3.15. The first kappa shape index (κ1) is 18.2. The average molecular weight is 407 g/mol. The fourth-order valence-electron chi connectivity index (χ4n) is 2.85. The second kappa shape index (κ2) is 7.84. The van der Waals surface area contributed by atoms with Crippen molar-refractivity contribution in [3.63, 3.8) is 0 Å². The fraction of sp³-hybridized carbons (Fsp3) is 0. The van der Waals surface area contributed by atoms with Gasteiger partial charge in [-0.15, -0.1) is 11.3 Å². The first-order chi connectivity index (χ1) is 13.6. The van der Waals surface area contributed by atoms with Gasteiger partial charge in [-0.1, -0.05) is 72.3 Å². The van der Waals surface area contributed by atoms with E-state index < -0.39 is 11.8 Å². The number of thiophene rings is 1. The second-order valence-corrected chi connectivity index (χ2v) is 7.52. The summed E-state index contributed by atoms with van der Waals surface area (Å²) in [5.74, 6) is -0.842. The van der Waals surface area contributed by atoms with Crippen LogP contribution in [0.4, 0.5) is 0 Å². The SMILES string of the molecule is O=C(NNC(=O)c1sc2ccccc2c1Cl)c1ccc(-c2ccccc2)cc1. The maximum atomic E-state index is 12.4. The van der Waals surface area contributed by atoms with Crippen LogP contribution in [0.5, 0.6) is 0 Å². The van der Waals surface area contributed by atoms with E-state index >= 15 is 0 Å². The van der Waals surface area contributed by atoms with Crippen LogP contribution in [-0.2, 0) is 0 Å². The van der Waals surface area contributed by atoms with Crippen molar-refractivity contribution in [2.75, 3.05) is 0 Å². The number of nitrogens with one attached hydrogen (secondary N) is 2. The van der Waals surface area contributed by atoms with E-state index in [1.54, 1.807) is 12.1 Å². The Labute approximate surface area is 170 Å². The van der Waals surface area contributed by atoms with Gasteiger partial charge in [0.1, 0.15) is 4.88 Å². The van der Waals surface area contributed by atoms with E-state index in [1.165, 1.54) is 11.3 Å². The number of hydrogen-bond donors (Lipinski definition) is 2. The lowest BCUT2D eigenvalue weighted by atomic mass is 10.0. The summed E-state index contributed by atoms with van der Waals surface area (Å²) in [5.41, 5.74) is 7.40. The molecule has 2 N–H and O–H groups in total. The van der Waals surface area contributed by atoms with E-state index in [4.69, 9.17) is 11.6 Å². The molecule has 0 fully saturated rings. The number of halogens is 1. The standard InChI is InChI=1S/C22H15ClN2O2S/c23-19-17-8-4-5-9-18(17)28-20(19)22(27)25-24-21(26)16-12-10-15(11-13-16)14-6-2-1-3-7-14/h1-13H,(H,24,26)(H,25,27). The van der Waals surface area contributed by atoms with Crippen LogP contribution in [0, 0.1) is 0 Å². The number of fused-ring (bicyclic) bond motifs is 1. The lowest BCUT2D eigenvalue weighted by Crippen LogP contribution is -2.41. The third kappa shape index (κ3) is 3.63. The molecule has 0 unspecified atom stereocenters. The van der Waals surface area contributed by atoms with Crippen molar-refractivity contribution >= 4 is 44.8 Å². The summed E-state index contributed by atoms with van der Waals surface area (Å²) in [4.78, 5) is 25.1. The molecule has 0 aliphatic carbocycles. The molecule has 0 atom stereocenters. The van der Waals surface area contributed by atoms with Crippen molar-refractivity contribution in [1.82, 2.24) is 10.9 Å². The molecule has 0 saturated heterocycles. The van der Waals surface area contributed by atoms with Crippen molar-refractivity contribution in [2.24, 2.45) is 0 Å². The monoisotopic (exact) mass is 406 g/mol. The molecule has 1 aromatic heterocycles. The number of carbonyl (C=O) groups is 2. The average Bonchev–Trinajstić information content (AvgIpc) is 3.09. The Bertz CT molecular complexity index is 1150. The summed E-state index contributed by atoms with van der Waals surface area (Å²) in [5, 5.41) is 1.21. The van der Waals surface area contributed by atoms with Crippen molar-refractivity contribution in [3.05, 3.63) is 94.3 Å². The first-order valence-electron chi connectivity index (χ1n) is 8.56. The maximum absolute atomic E-state index is 12.4. The van der Waals surface area contributed by atoms with Crippen LogP contribution in [0.3, 0.4) is 0 Å². The van der Waals surface area contributed by atoms with Crippen LogP contribution in [0.1, 0.15) is 20.0 Å². The number of amides is 2. The molecule has 0 radical (unpaired) electrons. The van der Waals surface area contributed by atoms with Gasteiger partial charge in [-0.3, -0.25) is 20.4 Å². The number of benzene rings is 3. The van der Waals surface area contributed by atoms with Crippen LogP contribution in [0.2, 0.25) is 5.02 Å². The summed E-state index contributed by atoms with van der Waals surface area (Å²) >= 11 is 7.58. The molecule has 6 heteroatoms. The third-order valence-electron chi connectivity index (χ3n) is 4.28. The van der Waals surface area contributed by atoms with Crippen molar-refractivity contribution in [3.8, 4) is 11.1 Å². The van der Waals surface area contributed by atoms with E-state index in [0.29, 0.717) is 15.5 Å². The van der Waals surface area contributed by atoms with Crippen molar-refractivity contribution in [1.29, 1.82) is 0 Å². The molecule has 2 amide bonds. The van der Waals surface area contributed by atoms with Crippen LogP contribution in [0.25, 0.3) is 21.2 Å². The minimum absolute atomic E-state index is 0.364. The second-order valence-electron chi connectivity index (χ2n) is 6.09. The van der Waals surface area contributed by atoms with Crippen LogP contribution in [-0.4, -0.2) is 11.8 Å². The highest BCUT2D eigenvalue weighted by molar-refractivity contribution is 7.21. The van der Waals surface area contributed by atoms with E-state index in [9.17, 15) is 9.59 Å². The third-order valence-corrected chi connectivity index (χ3v) is 5.96. The highest BCUT2D eigenvalue weighted by atomic mass is 35.5. The Balaban J connectivity index is 1.43. The zero-order chi connectivity index (χ0) is 19.5. The molecule has 0 aliphatic rings. The number of hydrazine groups is 1. The topological polar surface area (TPSA) is 58.2 Å². The zero-order valence-corrected chi connectivity index (χ0v) is 16.2.